The van der Waals surface area contributed by atoms with E-state index >= 15 is 0 Å². The third-order valence-electron chi connectivity index (χ3n) is 7.97. The molecular weight excluding hydrogens is 440 g/mol. The lowest BCUT2D eigenvalue weighted by molar-refractivity contribution is -0.167. The van der Waals surface area contributed by atoms with Crippen LogP contribution in [0.1, 0.15) is 58.9 Å². The predicted octanol–water partition coefficient (Wildman–Crippen LogP) is 2.85. The van der Waals surface area contributed by atoms with Crippen LogP contribution in [0.15, 0.2) is 30.3 Å². The fourth-order valence-electron chi connectivity index (χ4n) is 5.33. The Kier molecular flexibility index (Phi) is 7.24. The Morgan fingerprint density at radius 1 is 1.12 bits per heavy atom. The van der Waals surface area contributed by atoms with Crippen molar-refractivity contribution in [2.24, 2.45) is 22.5 Å². The second kappa shape index (κ2) is 9.64. The van der Waals surface area contributed by atoms with Crippen molar-refractivity contribution < 1.29 is 33.4 Å². The number of nitrogens with two attached hydrogens (primary N) is 1. The molecule has 0 aliphatic heterocycles. The number of esters is 2. The summed E-state index contributed by atoms with van der Waals surface area (Å²) in [6.07, 6.45) is 0.471. The van der Waals surface area contributed by atoms with Gasteiger partial charge < -0.3 is 19.9 Å². The summed E-state index contributed by atoms with van der Waals surface area (Å²) in [5.74, 6) is -2.77. The minimum absolute atomic E-state index is 0.000638. The van der Waals surface area contributed by atoms with Gasteiger partial charge in [-0.3, -0.25) is 14.9 Å². The number of rotatable bonds is 9. The fourth-order valence-corrected chi connectivity index (χ4v) is 5.33. The number of hydrogen-bond donors (Lipinski definition) is 2. The third-order valence-corrected chi connectivity index (χ3v) is 7.97. The Morgan fingerprint density at radius 2 is 1.79 bits per heavy atom. The zero-order valence-electron chi connectivity index (χ0n) is 20.2. The molecule has 186 valence electrons. The van der Waals surface area contributed by atoms with Crippen molar-refractivity contribution in [2.45, 2.75) is 71.6 Å². The number of nitrogens with one attached hydrogen (secondary N) is 1. The summed E-state index contributed by atoms with van der Waals surface area (Å²) < 4.78 is 15.9. The van der Waals surface area contributed by atoms with Gasteiger partial charge in [0.05, 0.1) is 13.0 Å². The normalized spacial score (nSPS) is 26.2. The van der Waals surface area contributed by atoms with Crippen LogP contribution in [0.5, 0.6) is 0 Å². The van der Waals surface area contributed by atoms with Crippen molar-refractivity contribution in [3.8, 4) is 0 Å². The summed E-state index contributed by atoms with van der Waals surface area (Å²) in [5, 5.41) is 2.19. The first-order valence-corrected chi connectivity index (χ1v) is 11.6. The molecule has 2 bridgehead atoms. The molecule has 0 heterocycles. The van der Waals surface area contributed by atoms with Crippen molar-refractivity contribution in [1.29, 1.82) is 0 Å². The first kappa shape index (κ1) is 25.5. The largest absolute Gasteiger partial charge is 0.464 e. The molecule has 0 spiro atoms. The molecule has 2 amide bonds. The van der Waals surface area contributed by atoms with Crippen molar-refractivity contribution in [1.82, 2.24) is 5.32 Å². The van der Waals surface area contributed by atoms with Gasteiger partial charge in [0.2, 0.25) is 5.54 Å². The Morgan fingerprint density at radius 3 is 2.32 bits per heavy atom. The summed E-state index contributed by atoms with van der Waals surface area (Å²) in [6.45, 7) is 7.80. The second-order valence-corrected chi connectivity index (χ2v) is 9.94. The van der Waals surface area contributed by atoms with Crippen LogP contribution >= 0.6 is 0 Å². The van der Waals surface area contributed by atoms with Gasteiger partial charge >= 0.3 is 18.0 Å². The third kappa shape index (κ3) is 4.60. The lowest BCUT2D eigenvalue weighted by atomic mass is 9.70. The highest BCUT2D eigenvalue weighted by Crippen LogP contribution is 2.66. The second-order valence-electron chi connectivity index (χ2n) is 9.94. The molecule has 1 aromatic carbocycles. The minimum Gasteiger partial charge on any atom is -0.464 e. The number of carbonyl (C=O) groups excluding carboxylic acids is 4. The summed E-state index contributed by atoms with van der Waals surface area (Å²) in [5.41, 5.74) is 3.56. The van der Waals surface area contributed by atoms with Crippen molar-refractivity contribution in [2.75, 3.05) is 6.61 Å². The maximum absolute atomic E-state index is 13.0. The summed E-state index contributed by atoms with van der Waals surface area (Å²) in [4.78, 5) is 50.7. The molecule has 1 aromatic rings. The Bertz CT molecular complexity index is 948. The van der Waals surface area contributed by atoms with Gasteiger partial charge in [-0.2, -0.15) is 0 Å². The van der Waals surface area contributed by atoms with Gasteiger partial charge in [-0.1, -0.05) is 51.1 Å². The first-order valence-electron chi connectivity index (χ1n) is 11.6. The van der Waals surface area contributed by atoms with E-state index < -0.39 is 35.9 Å². The van der Waals surface area contributed by atoms with Gasteiger partial charge in [0.1, 0.15) is 12.7 Å². The Hall–Kier alpha value is -3.10. The molecule has 1 unspecified atom stereocenters. The summed E-state index contributed by atoms with van der Waals surface area (Å²) >= 11 is 0. The molecule has 0 aromatic heterocycles. The molecule has 0 saturated heterocycles. The van der Waals surface area contributed by atoms with Gasteiger partial charge in [0.25, 0.3) is 5.91 Å². The topological polar surface area (TPSA) is 134 Å². The fraction of sp³-hybridized carbons (Fsp3) is 0.600. The van der Waals surface area contributed by atoms with Crippen molar-refractivity contribution >= 4 is 23.9 Å². The van der Waals surface area contributed by atoms with Gasteiger partial charge in [-0.05, 0) is 43.1 Å². The number of ether oxygens (including phenoxy) is 3. The molecule has 2 fully saturated rings. The van der Waals surface area contributed by atoms with E-state index in [9.17, 15) is 19.2 Å². The number of benzene rings is 1. The molecule has 0 radical (unpaired) electrons. The van der Waals surface area contributed by atoms with E-state index in [1.807, 2.05) is 6.07 Å². The Labute approximate surface area is 199 Å². The van der Waals surface area contributed by atoms with E-state index in [4.69, 9.17) is 19.9 Å². The van der Waals surface area contributed by atoms with Crippen LogP contribution in [0.3, 0.4) is 0 Å². The van der Waals surface area contributed by atoms with Crippen LogP contribution < -0.4 is 11.1 Å². The number of fused-ring (bicyclic) bond motifs is 2. The first-order chi connectivity index (χ1) is 16.0. The lowest BCUT2D eigenvalue weighted by Crippen LogP contribution is -2.64. The zero-order valence-corrected chi connectivity index (χ0v) is 20.2. The van der Waals surface area contributed by atoms with E-state index in [0.29, 0.717) is 17.9 Å². The molecule has 2 aliphatic rings. The molecule has 34 heavy (non-hydrogen) atoms. The highest BCUT2D eigenvalue weighted by molar-refractivity contribution is 6.11. The van der Waals surface area contributed by atoms with Crippen LogP contribution in [0, 0.1) is 16.7 Å². The van der Waals surface area contributed by atoms with E-state index in [1.54, 1.807) is 24.3 Å². The number of amides is 2. The highest BCUT2D eigenvalue weighted by Gasteiger charge is 2.63. The number of primary amides is 1. The monoisotopic (exact) mass is 474 g/mol. The van der Waals surface area contributed by atoms with Gasteiger partial charge in [0, 0.05) is 5.41 Å². The smallest absolute Gasteiger partial charge is 0.408 e. The minimum atomic E-state index is -2.45. The van der Waals surface area contributed by atoms with Crippen LogP contribution in [0.2, 0.25) is 0 Å². The maximum Gasteiger partial charge on any atom is 0.408 e. The Balaban J connectivity index is 1.74. The van der Waals surface area contributed by atoms with Crippen LogP contribution in [0.4, 0.5) is 4.79 Å². The van der Waals surface area contributed by atoms with E-state index in [0.717, 1.165) is 12.8 Å². The van der Waals surface area contributed by atoms with Crippen LogP contribution in [0.25, 0.3) is 0 Å². The molecule has 9 nitrogen and oxygen atoms in total. The molecule has 2 saturated carbocycles. The van der Waals surface area contributed by atoms with Crippen LogP contribution in [-0.4, -0.2) is 42.2 Å². The summed E-state index contributed by atoms with van der Waals surface area (Å²) in [6, 6.07) is 8.85. The zero-order chi connectivity index (χ0) is 25.1. The molecule has 4 atom stereocenters. The van der Waals surface area contributed by atoms with Gasteiger partial charge in [-0.25, -0.2) is 9.59 Å². The van der Waals surface area contributed by atoms with Crippen LogP contribution in [-0.2, 0) is 35.2 Å². The predicted molar refractivity (Wildman–Crippen MR) is 122 cm³/mol. The SMILES string of the molecule is CCOC(=O)C(CC(=O)O[C@@H]1C[C@@H]2CC[C@@]1(C)C2(C)C)(NC(=O)OCc1ccccc1)C(N)=O. The number of alkyl carbamates (subject to hydrolysis) is 1. The lowest BCUT2D eigenvalue weighted by Gasteiger charge is -2.38. The molecule has 3 N–H and O–H groups in total. The quantitative estimate of drug-likeness (QED) is 0.319. The highest BCUT2D eigenvalue weighted by atomic mass is 16.6. The average Bonchev–Trinajstić information content (AvgIpc) is 3.11. The summed E-state index contributed by atoms with van der Waals surface area (Å²) in [7, 11) is 0. The average molecular weight is 475 g/mol. The molecular formula is C25H34N2O7. The molecule has 9 heteroatoms. The van der Waals surface area contributed by atoms with E-state index in [1.165, 1.54) is 6.92 Å². The van der Waals surface area contributed by atoms with Crippen molar-refractivity contribution in [3.05, 3.63) is 35.9 Å². The number of carbonyl (C=O) groups is 4. The van der Waals surface area contributed by atoms with Gasteiger partial charge in [-0.15, -0.1) is 0 Å². The van der Waals surface area contributed by atoms with E-state index in [2.05, 4.69) is 26.1 Å². The molecule has 2 aliphatic carbocycles. The molecule has 3 rings (SSSR count). The standard InChI is InChI=1S/C25H34N2O7/c1-5-32-21(30)25(20(26)29,27-22(31)33-15-16-9-7-6-8-10-16)14-19(28)34-18-13-17-11-12-24(18,4)23(17,2)3/h6-10,17-18H,5,11-15H2,1-4H3,(H2,26,29)(H,27,31)/t17-,18+,24+,25?/m0/s1. The maximum atomic E-state index is 13.0. The van der Waals surface area contributed by atoms with Gasteiger partial charge in [0.15, 0.2) is 0 Å². The number of hydrogen-bond acceptors (Lipinski definition) is 7. The van der Waals surface area contributed by atoms with E-state index in [-0.39, 0.29) is 30.1 Å². The van der Waals surface area contributed by atoms with Crippen molar-refractivity contribution in [3.63, 3.8) is 0 Å².